The second-order valence-electron chi connectivity index (χ2n) is 5.88. The van der Waals surface area contributed by atoms with Crippen molar-refractivity contribution in [1.29, 1.82) is 0 Å². The van der Waals surface area contributed by atoms with Crippen LogP contribution in [-0.2, 0) is 6.42 Å². The van der Waals surface area contributed by atoms with Gasteiger partial charge in [0.05, 0.1) is 0 Å². The predicted molar refractivity (Wildman–Crippen MR) is 83.4 cm³/mol. The highest BCUT2D eigenvalue weighted by molar-refractivity contribution is 5.98. The molecule has 2 rings (SSSR count). The topological polar surface area (TPSA) is 25.2 Å². The van der Waals surface area contributed by atoms with Gasteiger partial charge in [0.2, 0.25) is 0 Å². The van der Waals surface area contributed by atoms with Gasteiger partial charge in [-0.15, -0.1) is 0 Å². The highest BCUT2D eigenvalue weighted by Crippen LogP contribution is 2.26. The van der Waals surface area contributed by atoms with E-state index in [0.717, 1.165) is 37.9 Å². The van der Waals surface area contributed by atoms with Crippen molar-refractivity contribution in [3.05, 3.63) is 23.5 Å². The molecule has 20 heavy (non-hydrogen) atoms. The lowest BCUT2D eigenvalue weighted by atomic mass is 9.96. The van der Waals surface area contributed by atoms with E-state index in [9.17, 15) is 4.79 Å². The van der Waals surface area contributed by atoms with Gasteiger partial charge in [0.25, 0.3) is 0 Å². The van der Waals surface area contributed by atoms with Gasteiger partial charge in [-0.25, -0.2) is 0 Å². The number of carbonyl (C=O) groups is 1. The van der Waals surface area contributed by atoms with Crippen LogP contribution in [0.2, 0.25) is 0 Å². The Kier molecular flexibility index (Phi) is 5.41. The summed E-state index contributed by atoms with van der Waals surface area (Å²) in [5.41, 5.74) is 2.25. The summed E-state index contributed by atoms with van der Waals surface area (Å²) in [7, 11) is 0. The molecule has 0 aliphatic heterocycles. The third-order valence-electron chi connectivity index (χ3n) is 4.61. The maximum absolute atomic E-state index is 11.9. The van der Waals surface area contributed by atoms with E-state index in [1.807, 2.05) is 6.07 Å². The van der Waals surface area contributed by atoms with E-state index in [1.165, 1.54) is 25.1 Å². The van der Waals surface area contributed by atoms with Crippen LogP contribution < -0.4 is 0 Å². The molecule has 0 radical (unpaired) electrons. The molecular weight excluding hydrogens is 248 g/mol. The molecule has 3 heteroatoms. The maximum Gasteiger partial charge on any atom is 0.164 e. The zero-order chi connectivity index (χ0) is 14.5. The quantitative estimate of drug-likeness (QED) is 0.759. The molecule has 1 aliphatic carbocycles. The first-order valence-electron chi connectivity index (χ1n) is 8.12. The van der Waals surface area contributed by atoms with Gasteiger partial charge in [-0.05, 0) is 58.3 Å². The average Bonchev–Trinajstić information content (AvgIpc) is 2.89. The molecule has 1 unspecified atom stereocenters. The molecule has 0 fully saturated rings. The molecule has 0 bridgehead atoms. The van der Waals surface area contributed by atoms with Crippen molar-refractivity contribution >= 4 is 5.78 Å². The number of rotatable bonds is 7. The molecule has 112 valence electrons. The summed E-state index contributed by atoms with van der Waals surface area (Å²) in [4.78, 5) is 14.4. The molecule has 0 amide bonds. The monoisotopic (exact) mass is 276 g/mol. The lowest BCUT2D eigenvalue weighted by molar-refractivity contribution is 0.0971. The lowest BCUT2D eigenvalue weighted by Gasteiger charge is -2.22. The molecule has 1 aromatic heterocycles. The summed E-state index contributed by atoms with van der Waals surface area (Å²) in [6.07, 6.45) is 7.34. The fourth-order valence-corrected chi connectivity index (χ4v) is 3.25. The van der Waals surface area contributed by atoms with Crippen molar-refractivity contribution in [3.63, 3.8) is 0 Å². The Labute approximate surface area is 123 Å². The van der Waals surface area contributed by atoms with Crippen molar-refractivity contribution in [2.45, 2.75) is 58.9 Å². The first-order valence-corrected chi connectivity index (χ1v) is 8.12. The zero-order valence-corrected chi connectivity index (χ0v) is 13.2. The SMILES string of the molecule is CCN(CC)CCCC(C)n1ccc2c1CCCC2=O. The second-order valence-corrected chi connectivity index (χ2v) is 5.88. The number of hydrogen-bond donors (Lipinski definition) is 0. The Morgan fingerprint density at radius 1 is 1.30 bits per heavy atom. The molecule has 1 heterocycles. The molecule has 1 aliphatic rings. The van der Waals surface area contributed by atoms with Gasteiger partial charge in [-0.2, -0.15) is 0 Å². The fraction of sp³-hybridized carbons (Fsp3) is 0.706. The Balaban J connectivity index is 1.93. The van der Waals surface area contributed by atoms with Crippen LogP contribution in [0.15, 0.2) is 12.3 Å². The van der Waals surface area contributed by atoms with E-state index in [4.69, 9.17) is 0 Å². The molecule has 0 saturated carbocycles. The van der Waals surface area contributed by atoms with Crippen molar-refractivity contribution in [2.75, 3.05) is 19.6 Å². The van der Waals surface area contributed by atoms with E-state index < -0.39 is 0 Å². The number of ketones is 1. The van der Waals surface area contributed by atoms with Crippen LogP contribution in [0.3, 0.4) is 0 Å². The normalized spacial score (nSPS) is 16.5. The summed E-state index contributed by atoms with van der Waals surface area (Å²) in [6, 6.07) is 2.53. The van der Waals surface area contributed by atoms with Crippen LogP contribution >= 0.6 is 0 Å². The van der Waals surface area contributed by atoms with Gasteiger partial charge in [0, 0.05) is 29.9 Å². The predicted octanol–water partition coefficient (Wildman–Crippen LogP) is 3.69. The minimum atomic E-state index is 0.334. The summed E-state index contributed by atoms with van der Waals surface area (Å²) in [5, 5.41) is 0. The highest BCUT2D eigenvalue weighted by Gasteiger charge is 2.22. The summed E-state index contributed by atoms with van der Waals surface area (Å²) < 4.78 is 2.34. The minimum absolute atomic E-state index is 0.334. The Morgan fingerprint density at radius 2 is 2.05 bits per heavy atom. The standard InChI is InChI=1S/C17H28N2O/c1-4-18(5-2)12-7-8-14(3)19-13-11-15-16(19)9-6-10-17(15)20/h11,13-14H,4-10,12H2,1-3H3. The summed E-state index contributed by atoms with van der Waals surface area (Å²) >= 11 is 0. The molecule has 1 aromatic rings. The Morgan fingerprint density at radius 3 is 2.75 bits per heavy atom. The first-order chi connectivity index (χ1) is 9.67. The first kappa shape index (κ1) is 15.3. The Bertz CT molecular complexity index is 446. The maximum atomic E-state index is 11.9. The Hall–Kier alpha value is -1.09. The fourth-order valence-electron chi connectivity index (χ4n) is 3.25. The van der Waals surface area contributed by atoms with E-state index in [1.54, 1.807) is 0 Å². The minimum Gasteiger partial charge on any atom is -0.348 e. The van der Waals surface area contributed by atoms with Gasteiger partial charge >= 0.3 is 0 Å². The number of hydrogen-bond acceptors (Lipinski definition) is 2. The van der Waals surface area contributed by atoms with Gasteiger partial charge in [-0.3, -0.25) is 4.79 Å². The number of Topliss-reactive ketones (excluding diaryl/α,β-unsaturated/α-hetero) is 1. The van der Waals surface area contributed by atoms with Crippen LogP contribution in [0.5, 0.6) is 0 Å². The smallest absolute Gasteiger partial charge is 0.164 e. The molecule has 0 N–H and O–H groups in total. The zero-order valence-electron chi connectivity index (χ0n) is 13.2. The van der Waals surface area contributed by atoms with Gasteiger partial charge in [0.15, 0.2) is 5.78 Å². The molecule has 0 saturated heterocycles. The third-order valence-corrected chi connectivity index (χ3v) is 4.61. The summed E-state index contributed by atoms with van der Waals surface area (Å²) in [5.74, 6) is 0.334. The molecule has 0 aromatic carbocycles. The van der Waals surface area contributed by atoms with Crippen molar-refractivity contribution in [2.24, 2.45) is 0 Å². The van der Waals surface area contributed by atoms with E-state index in [-0.39, 0.29) is 0 Å². The lowest BCUT2D eigenvalue weighted by Crippen LogP contribution is -2.24. The average molecular weight is 276 g/mol. The van der Waals surface area contributed by atoms with Crippen molar-refractivity contribution in [1.82, 2.24) is 9.47 Å². The van der Waals surface area contributed by atoms with E-state index in [2.05, 4.69) is 36.4 Å². The van der Waals surface area contributed by atoms with Crippen LogP contribution in [0.25, 0.3) is 0 Å². The summed E-state index contributed by atoms with van der Waals surface area (Å²) in [6.45, 7) is 10.2. The van der Waals surface area contributed by atoms with Crippen molar-refractivity contribution in [3.8, 4) is 0 Å². The van der Waals surface area contributed by atoms with Crippen LogP contribution in [-0.4, -0.2) is 34.9 Å². The number of aromatic nitrogens is 1. The largest absolute Gasteiger partial charge is 0.348 e. The number of nitrogens with zero attached hydrogens (tertiary/aromatic N) is 2. The molecule has 0 spiro atoms. The van der Waals surface area contributed by atoms with E-state index in [0.29, 0.717) is 11.8 Å². The van der Waals surface area contributed by atoms with Gasteiger partial charge < -0.3 is 9.47 Å². The van der Waals surface area contributed by atoms with E-state index >= 15 is 0 Å². The molecular formula is C17H28N2O. The van der Waals surface area contributed by atoms with Crippen LogP contribution in [0, 0.1) is 0 Å². The molecule has 1 atom stereocenters. The number of carbonyl (C=O) groups excluding carboxylic acids is 1. The second kappa shape index (κ2) is 7.07. The van der Waals surface area contributed by atoms with Crippen LogP contribution in [0.4, 0.5) is 0 Å². The van der Waals surface area contributed by atoms with Gasteiger partial charge in [0.1, 0.15) is 0 Å². The highest BCUT2D eigenvalue weighted by atomic mass is 16.1. The van der Waals surface area contributed by atoms with Crippen molar-refractivity contribution < 1.29 is 4.79 Å². The molecule has 3 nitrogen and oxygen atoms in total. The number of fused-ring (bicyclic) bond motifs is 1. The van der Waals surface area contributed by atoms with Gasteiger partial charge in [-0.1, -0.05) is 13.8 Å². The van der Waals surface area contributed by atoms with Crippen LogP contribution in [0.1, 0.15) is 68.5 Å². The third kappa shape index (κ3) is 3.32.